The van der Waals surface area contributed by atoms with Gasteiger partial charge in [-0.3, -0.25) is 9.69 Å². The lowest BCUT2D eigenvalue weighted by Gasteiger charge is -2.29. The molecule has 8 nitrogen and oxygen atoms in total. The maximum Gasteiger partial charge on any atom is 0.340 e. The smallest absolute Gasteiger partial charge is 0.340 e. The molecule has 0 bridgehead atoms. The first-order valence-corrected chi connectivity index (χ1v) is 10.3. The van der Waals surface area contributed by atoms with Crippen LogP contribution in [-0.2, 0) is 9.53 Å². The highest BCUT2D eigenvalue weighted by Crippen LogP contribution is 2.40. The summed E-state index contributed by atoms with van der Waals surface area (Å²) in [5.41, 5.74) is 0.841. The van der Waals surface area contributed by atoms with Crippen LogP contribution in [0.15, 0.2) is 28.7 Å². The maximum atomic E-state index is 12.5. The molecule has 1 aliphatic heterocycles. The van der Waals surface area contributed by atoms with E-state index in [2.05, 4.69) is 20.4 Å². The van der Waals surface area contributed by atoms with Gasteiger partial charge in [0.15, 0.2) is 0 Å². The number of para-hydroxylation sites is 1. The van der Waals surface area contributed by atoms with E-state index in [-0.39, 0.29) is 25.0 Å². The van der Waals surface area contributed by atoms with E-state index < -0.39 is 5.97 Å². The first-order chi connectivity index (χ1) is 14.1. The molecule has 0 radical (unpaired) electrons. The first-order valence-electron chi connectivity index (χ1n) is 10.3. The molecular weight excluding hydrogens is 372 g/mol. The van der Waals surface area contributed by atoms with E-state index in [1.54, 1.807) is 31.2 Å². The van der Waals surface area contributed by atoms with Crippen molar-refractivity contribution in [3.63, 3.8) is 0 Å². The largest absolute Gasteiger partial charge is 0.462 e. The van der Waals surface area contributed by atoms with Crippen molar-refractivity contribution in [2.45, 2.75) is 44.4 Å². The minimum absolute atomic E-state index is 0.144. The fraction of sp³-hybridized carbons (Fsp3) is 0.524. The van der Waals surface area contributed by atoms with Crippen molar-refractivity contribution in [3.05, 3.63) is 41.6 Å². The van der Waals surface area contributed by atoms with Gasteiger partial charge in [-0.05, 0) is 57.8 Å². The van der Waals surface area contributed by atoms with Gasteiger partial charge in [0.2, 0.25) is 17.7 Å². The summed E-state index contributed by atoms with van der Waals surface area (Å²) in [6.45, 7) is 3.90. The molecule has 1 aromatic heterocycles. The van der Waals surface area contributed by atoms with Crippen LogP contribution in [0.2, 0.25) is 0 Å². The number of carbonyl (C=O) groups is 2. The number of ether oxygens (including phenoxy) is 1. The summed E-state index contributed by atoms with van der Waals surface area (Å²) in [5, 5.41) is 11.2. The normalized spacial score (nSPS) is 17.8. The molecule has 1 aliphatic carbocycles. The van der Waals surface area contributed by atoms with E-state index in [9.17, 15) is 9.59 Å². The summed E-state index contributed by atoms with van der Waals surface area (Å²) in [6.07, 6.45) is 4.07. The Balaban J connectivity index is 1.28. The van der Waals surface area contributed by atoms with E-state index in [0.29, 0.717) is 17.2 Å². The van der Waals surface area contributed by atoms with Crippen molar-refractivity contribution in [2.75, 3.05) is 31.6 Å². The second-order valence-corrected chi connectivity index (χ2v) is 7.62. The number of piperidine rings is 1. The molecule has 2 heterocycles. The number of aromatic nitrogens is 2. The Kier molecular flexibility index (Phi) is 5.89. The van der Waals surface area contributed by atoms with E-state index >= 15 is 0 Å². The van der Waals surface area contributed by atoms with E-state index in [1.807, 2.05) is 0 Å². The molecule has 0 unspecified atom stereocenters. The van der Waals surface area contributed by atoms with Gasteiger partial charge in [0, 0.05) is 11.8 Å². The zero-order valence-corrected chi connectivity index (χ0v) is 16.6. The molecule has 2 aromatic rings. The molecule has 1 amide bonds. The summed E-state index contributed by atoms with van der Waals surface area (Å²) in [4.78, 5) is 26.7. The molecule has 154 valence electrons. The van der Waals surface area contributed by atoms with Crippen molar-refractivity contribution in [1.82, 2.24) is 15.1 Å². The molecule has 0 atom stereocenters. The van der Waals surface area contributed by atoms with Crippen LogP contribution < -0.4 is 5.32 Å². The average Bonchev–Trinajstić information content (AvgIpc) is 3.46. The SMILES string of the molecule is CCOC(=O)c1ccccc1NC(=O)CN1CCC(c2nnc(C3CC3)o2)CC1. The molecule has 1 aromatic carbocycles. The van der Waals surface area contributed by atoms with Gasteiger partial charge in [-0.1, -0.05) is 12.1 Å². The van der Waals surface area contributed by atoms with Gasteiger partial charge in [0.25, 0.3) is 0 Å². The Hall–Kier alpha value is -2.74. The van der Waals surface area contributed by atoms with Crippen LogP contribution in [0.3, 0.4) is 0 Å². The Morgan fingerprint density at radius 1 is 1.10 bits per heavy atom. The molecule has 0 spiro atoms. The van der Waals surface area contributed by atoms with Gasteiger partial charge in [-0.2, -0.15) is 0 Å². The van der Waals surface area contributed by atoms with Gasteiger partial charge >= 0.3 is 5.97 Å². The van der Waals surface area contributed by atoms with E-state index in [4.69, 9.17) is 9.15 Å². The van der Waals surface area contributed by atoms with Crippen molar-refractivity contribution in [2.24, 2.45) is 0 Å². The molecule has 1 saturated heterocycles. The summed E-state index contributed by atoms with van der Waals surface area (Å²) >= 11 is 0. The number of nitrogens with one attached hydrogen (secondary N) is 1. The fourth-order valence-electron chi connectivity index (χ4n) is 3.62. The van der Waals surface area contributed by atoms with Gasteiger partial charge in [-0.15, -0.1) is 10.2 Å². The molecule has 1 saturated carbocycles. The number of anilines is 1. The number of carbonyl (C=O) groups excluding carboxylic acids is 2. The highest BCUT2D eigenvalue weighted by molar-refractivity contribution is 6.01. The van der Waals surface area contributed by atoms with Crippen LogP contribution in [-0.4, -0.2) is 53.2 Å². The van der Waals surface area contributed by atoms with Crippen LogP contribution in [0, 0.1) is 0 Å². The Morgan fingerprint density at radius 3 is 2.41 bits per heavy atom. The number of likely N-dealkylation sites (tertiary alicyclic amines) is 1. The number of rotatable bonds is 7. The summed E-state index contributed by atoms with van der Waals surface area (Å²) in [5.74, 6) is 1.67. The molecule has 2 aliphatic rings. The Bertz CT molecular complexity index is 869. The predicted octanol–water partition coefficient (Wildman–Crippen LogP) is 2.94. The number of benzene rings is 1. The van der Waals surface area contributed by atoms with Gasteiger partial charge in [0.1, 0.15) is 0 Å². The van der Waals surface area contributed by atoms with Crippen molar-refractivity contribution < 1.29 is 18.7 Å². The highest BCUT2D eigenvalue weighted by Gasteiger charge is 2.32. The van der Waals surface area contributed by atoms with Crippen LogP contribution >= 0.6 is 0 Å². The Labute approximate surface area is 169 Å². The van der Waals surface area contributed by atoms with E-state index in [0.717, 1.165) is 50.6 Å². The average molecular weight is 398 g/mol. The minimum atomic E-state index is -0.436. The lowest BCUT2D eigenvalue weighted by atomic mass is 9.97. The Morgan fingerprint density at radius 2 is 1.76 bits per heavy atom. The number of hydrogen-bond donors (Lipinski definition) is 1. The molecule has 8 heteroatoms. The third-order valence-corrected chi connectivity index (χ3v) is 5.38. The lowest BCUT2D eigenvalue weighted by Crippen LogP contribution is -2.39. The van der Waals surface area contributed by atoms with E-state index in [1.165, 1.54) is 0 Å². The topological polar surface area (TPSA) is 97.6 Å². The van der Waals surface area contributed by atoms with Gasteiger partial charge in [0.05, 0.1) is 24.4 Å². The maximum absolute atomic E-state index is 12.5. The molecule has 4 rings (SSSR count). The third-order valence-electron chi connectivity index (χ3n) is 5.38. The second-order valence-electron chi connectivity index (χ2n) is 7.62. The number of esters is 1. The number of nitrogens with zero attached hydrogens (tertiary/aromatic N) is 3. The molecule has 1 N–H and O–H groups in total. The summed E-state index contributed by atoms with van der Waals surface area (Å²) in [7, 11) is 0. The zero-order valence-electron chi connectivity index (χ0n) is 16.6. The predicted molar refractivity (Wildman–Crippen MR) is 106 cm³/mol. The summed E-state index contributed by atoms with van der Waals surface area (Å²) in [6, 6.07) is 6.89. The van der Waals surface area contributed by atoms with Crippen molar-refractivity contribution >= 4 is 17.6 Å². The van der Waals surface area contributed by atoms with Crippen LogP contribution in [0.1, 0.15) is 66.6 Å². The van der Waals surface area contributed by atoms with Crippen LogP contribution in [0.5, 0.6) is 0 Å². The third kappa shape index (κ3) is 4.82. The quantitative estimate of drug-likeness (QED) is 0.716. The lowest BCUT2D eigenvalue weighted by molar-refractivity contribution is -0.117. The summed E-state index contributed by atoms with van der Waals surface area (Å²) < 4.78 is 10.9. The zero-order chi connectivity index (χ0) is 20.2. The van der Waals surface area contributed by atoms with Crippen LogP contribution in [0.4, 0.5) is 5.69 Å². The standard InChI is InChI=1S/C21H26N4O4/c1-2-28-21(27)16-5-3-4-6-17(16)22-18(26)13-25-11-9-15(10-12-25)20-24-23-19(29-20)14-7-8-14/h3-6,14-15H,2,7-13H2,1H3,(H,22,26). The first kappa shape index (κ1) is 19.6. The van der Waals surface area contributed by atoms with Gasteiger partial charge in [-0.25, -0.2) is 4.79 Å². The minimum Gasteiger partial charge on any atom is -0.462 e. The van der Waals surface area contributed by atoms with Crippen molar-refractivity contribution in [3.8, 4) is 0 Å². The molecule has 2 fully saturated rings. The number of amides is 1. The number of hydrogen-bond acceptors (Lipinski definition) is 7. The fourth-order valence-corrected chi connectivity index (χ4v) is 3.62. The van der Waals surface area contributed by atoms with Gasteiger partial charge < -0.3 is 14.5 Å². The molecule has 29 heavy (non-hydrogen) atoms. The van der Waals surface area contributed by atoms with Crippen molar-refractivity contribution in [1.29, 1.82) is 0 Å². The highest BCUT2D eigenvalue weighted by atomic mass is 16.5. The monoisotopic (exact) mass is 398 g/mol. The second kappa shape index (κ2) is 8.73. The van der Waals surface area contributed by atoms with Crippen LogP contribution in [0.25, 0.3) is 0 Å². The molecular formula is C21H26N4O4.